The Kier molecular flexibility index (Phi) is 5.12. The molecule has 9 heteroatoms. The summed E-state index contributed by atoms with van der Waals surface area (Å²) in [7, 11) is -2.70. The minimum Gasteiger partial charge on any atom is -0.493 e. The van der Waals surface area contributed by atoms with Crippen molar-refractivity contribution < 1.29 is 22.8 Å². The summed E-state index contributed by atoms with van der Waals surface area (Å²) in [6.07, 6.45) is 0. The molecule has 0 atom stereocenters. The average Bonchev–Trinajstić information content (AvgIpc) is 2.55. The highest BCUT2D eigenvalue weighted by Gasteiger charge is 2.28. The van der Waals surface area contributed by atoms with E-state index in [4.69, 9.17) is 9.47 Å². The number of benzene rings is 1. The zero-order valence-corrected chi connectivity index (χ0v) is 13.0. The van der Waals surface area contributed by atoms with Crippen LogP contribution in [-0.2, 0) is 9.84 Å². The van der Waals surface area contributed by atoms with Gasteiger partial charge in [0.25, 0.3) is 0 Å². The molecule has 0 bridgehead atoms. The van der Waals surface area contributed by atoms with E-state index in [1.165, 1.54) is 13.2 Å². The fraction of sp³-hybridized carbons (Fsp3) is 0.214. The molecule has 8 nitrogen and oxygen atoms in total. The first-order chi connectivity index (χ1) is 10.9. The van der Waals surface area contributed by atoms with Gasteiger partial charge in [0.05, 0.1) is 17.8 Å². The van der Waals surface area contributed by atoms with Crippen LogP contribution < -0.4 is 9.47 Å². The van der Waals surface area contributed by atoms with E-state index in [2.05, 4.69) is 4.98 Å². The van der Waals surface area contributed by atoms with Gasteiger partial charge in [0.15, 0.2) is 0 Å². The van der Waals surface area contributed by atoms with Crippen LogP contribution in [0, 0.1) is 10.1 Å². The van der Waals surface area contributed by atoms with Crippen molar-refractivity contribution in [3.05, 3.63) is 52.6 Å². The predicted octanol–water partition coefficient (Wildman–Crippen LogP) is 1.85. The number of hydrogen-bond acceptors (Lipinski definition) is 7. The largest absolute Gasteiger partial charge is 0.493 e. The van der Waals surface area contributed by atoms with E-state index >= 15 is 0 Å². The van der Waals surface area contributed by atoms with Crippen molar-refractivity contribution in [3.8, 4) is 11.6 Å². The molecule has 0 unspecified atom stereocenters. The van der Waals surface area contributed by atoms with Gasteiger partial charge in [-0.2, -0.15) is 4.98 Å². The van der Waals surface area contributed by atoms with E-state index in [1.807, 2.05) is 0 Å². The van der Waals surface area contributed by atoms with E-state index in [0.717, 1.165) is 6.07 Å². The smallest absolute Gasteiger partial charge is 0.306 e. The lowest BCUT2D eigenvalue weighted by Gasteiger charge is -2.08. The fourth-order valence-electron chi connectivity index (χ4n) is 1.78. The topological polar surface area (TPSA) is 109 Å². The maximum absolute atomic E-state index is 12.3. The quantitative estimate of drug-likeness (QED) is 0.560. The van der Waals surface area contributed by atoms with Crippen LogP contribution in [0.2, 0.25) is 0 Å². The third-order valence-corrected chi connectivity index (χ3v) is 4.47. The zero-order valence-electron chi connectivity index (χ0n) is 12.2. The van der Waals surface area contributed by atoms with Crippen molar-refractivity contribution in [1.82, 2.24) is 4.98 Å². The molecule has 0 N–H and O–H groups in total. The number of methoxy groups -OCH3 is 1. The highest BCUT2D eigenvalue weighted by molar-refractivity contribution is 7.91. The fourth-order valence-corrected chi connectivity index (χ4v) is 2.97. The first kappa shape index (κ1) is 16.7. The molecule has 0 saturated heterocycles. The van der Waals surface area contributed by atoms with Crippen molar-refractivity contribution >= 4 is 15.5 Å². The zero-order chi connectivity index (χ0) is 16.9. The van der Waals surface area contributed by atoms with Gasteiger partial charge < -0.3 is 9.47 Å². The Morgan fingerprint density at radius 3 is 2.48 bits per heavy atom. The molecule has 0 amide bonds. The highest BCUT2D eigenvalue weighted by Crippen LogP contribution is 2.25. The first-order valence-electron chi connectivity index (χ1n) is 6.54. The molecule has 0 fully saturated rings. The van der Waals surface area contributed by atoms with Gasteiger partial charge in [-0.15, -0.1) is 0 Å². The molecule has 0 saturated carbocycles. The average molecular weight is 338 g/mol. The molecule has 0 aliphatic carbocycles. The monoisotopic (exact) mass is 338 g/mol. The highest BCUT2D eigenvalue weighted by atomic mass is 32.2. The number of nitrogens with zero attached hydrogens (tertiary/aromatic N) is 2. The maximum atomic E-state index is 12.3. The third-order valence-electron chi connectivity index (χ3n) is 2.88. The number of hydrogen-bond donors (Lipinski definition) is 0. The van der Waals surface area contributed by atoms with Gasteiger partial charge >= 0.3 is 5.69 Å². The van der Waals surface area contributed by atoms with Crippen LogP contribution in [0.25, 0.3) is 0 Å². The summed E-state index contributed by atoms with van der Waals surface area (Å²) in [6, 6.07) is 10.9. The maximum Gasteiger partial charge on any atom is 0.306 e. The van der Waals surface area contributed by atoms with Crippen LogP contribution in [0.15, 0.2) is 47.5 Å². The second-order valence-electron chi connectivity index (χ2n) is 4.42. The summed E-state index contributed by atoms with van der Waals surface area (Å²) in [4.78, 5) is 13.9. The van der Waals surface area contributed by atoms with Crippen LogP contribution in [-0.4, -0.2) is 37.8 Å². The Hall–Kier alpha value is -2.68. The molecule has 0 spiro atoms. The minimum absolute atomic E-state index is 0.0156. The number of rotatable bonds is 7. The van der Waals surface area contributed by atoms with Crippen LogP contribution in [0.4, 0.5) is 5.69 Å². The number of para-hydroxylation sites is 1. The van der Waals surface area contributed by atoms with E-state index < -0.39 is 31.2 Å². The Bertz CT molecular complexity index is 792. The van der Waals surface area contributed by atoms with Gasteiger partial charge in [-0.25, -0.2) is 8.42 Å². The molecule has 122 valence electrons. The summed E-state index contributed by atoms with van der Waals surface area (Å²) in [5.41, 5.74) is -0.592. The van der Waals surface area contributed by atoms with E-state index in [0.29, 0.717) is 5.75 Å². The molecule has 0 aliphatic heterocycles. The molecule has 1 aromatic heterocycles. The van der Waals surface area contributed by atoms with Crippen LogP contribution >= 0.6 is 0 Å². The Morgan fingerprint density at radius 1 is 1.17 bits per heavy atom. The predicted molar refractivity (Wildman–Crippen MR) is 81.4 cm³/mol. The molecule has 2 rings (SSSR count). The summed E-state index contributed by atoms with van der Waals surface area (Å²) in [5.74, 6) is 0.0528. The van der Waals surface area contributed by atoms with Gasteiger partial charge in [-0.05, 0) is 12.1 Å². The third kappa shape index (κ3) is 4.16. The van der Waals surface area contributed by atoms with Crippen molar-refractivity contribution in [1.29, 1.82) is 0 Å². The SMILES string of the molecule is COc1ccc([N+](=O)[O-])c(S(=O)(=O)CCOc2ccccc2)n1. The lowest BCUT2D eigenvalue weighted by molar-refractivity contribution is -0.388. The van der Waals surface area contributed by atoms with Gasteiger partial charge in [0.1, 0.15) is 12.4 Å². The normalized spacial score (nSPS) is 11.0. The number of aromatic nitrogens is 1. The van der Waals surface area contributed by atoms with Crippen molar-refractivity contribution in [2.24, 2.45) is 0 Å². The van der Waals surface area contributed by atoms with E-state index in [-0.39, 0.29) is 12.5 Å². The lowest BCUT2D eigenvalue weighted by Crippen LogP contribution is -2.17. The van der Waals surface area contributed by atoms with Crippen molar-refractivity contribution in [2.45, 2.75) is 5.03 Å². The second-order valence-corrected chi connectivity index (χ2v) is 6.44. The molecule has 0 aliphatic rings. The molecular formula is C14H14N2O6S. The Labute approximate surface area is 132 Å². The van der Waals surface area contributed by atoms with E-state index in [9.17, 15) is 18.5 Å². The molecule has 2 aromatic rings. The minimum atomic E-state index is -4.00. The Morgan fingerprint density at radius 2 is 1.87 bits per heavy atom. The number of pyridine rings is 1. The summed E-state index contributed by atoms with van der Waals surface area (Å²) >= 11 is 0. The molecule has 1 heterocycles. The Balaban J connectivity index is 2.20. The number of sulfone groups is 1. The van der Waals surface area contributed by atoms with Crippen LogP contribution in [0.5, 0.6) is 11.6 Å². The molecule has 23 heavy (non-hydrogen) atoms. The van der Waals surface area contributed by atoms with Gasteiger partial charge in [0, 0.05) is 12.1 Å². The first-order valence-corrected chi connectivity index (χ1v) is 8.19. The van der Waals surface area contributed by atoms with Gasteiger partial charge in [0.2, 0.25) is 20.7 Å². The van der Waals surface area contributed by atoms with Crippen LogP contribution in [0.3, 0.4) is 0 Å². The lowest BCUT2D eigenvalue weighted by atomic mass is 10.3. The van der Waals surface area contributed by atoms with Gasteiger partial charge in [-0.1, -0.05) is 18.2 Å². The number of nitro groups is 1. The van der Waals surface area contributed by atoms with Crippen LogP contribution in [0.1, 0.15) is 0 Å². The van der Waals surface area contributed by atoms with Crippen molar-refractivity contribution in [3.63, 3.8) is 0 Å². The molecule has 0 radical (unpaired) electrons. The van der Waals surface area contributed by atoms with E-state index in [1.54, 1.807) is 30.3 Å². The summed E-state index contributed by atoms with van der Waals surface area (Å²) in [6.45, 7) is -0.150. The van der Waals surface area contributed by atoms with Gasteiger partial charge in [-0.3, -0.25) is 10.1 Å². The number of ether oxygens (including phenoxy) is 2. The van der Waals surface area contributed by atoms with Crippen molar-refractivity contribution in [2.75, 3.05) is 19.5 Å². The molecule has 1 aromatic carbocycles. The molecular weight excluding hydrogens is 324 g/mol. The second kappa shape index (κ2) is 7.05. The summed E-state index contributed by atoms with van der Waals surface area (Å²) in [5, 5.41) is 10.4. The standard InChI is InChI=1S/C14H14N2O6S/c1-21-13-8-7-12(16(17)18)14(15-13)23(19,20)10-9-22-11-5-3-2-4-6-11/h2-8H,9-10H2,1H3. The summed E-state index contributed by atoms with van der Waals surface area (Å²) < 4.78 is 34.8.